The maximum absolute atomic E-state index is 14.4. The van der Waals surface area contributed by atoms with Crippen molar-refractivity contribution < 1.29 is 34.8 Å². The Kier molecular flexibility index (Phi) is 7.16. The summed E-state index contributed by atoms with van der Waals surface area (Å²) in [5, 5.41) is 46.2. The van der Waals surface area contributed by atoms with Crippen molar-refractivity contribution in [2.45, 2.75) is 92.1 Å². The molecule has 0 aliphatic heterocycles. The molecule has 0 amide bonds. The minimum atomic E-state index is -2.61. The number of fused-ring (bicyclic) bond motifs is 3. The normalized spacial score (nSPS) is 34.7. The van der Waals surface area contributed by atoms with Crippen molar-refractivity contribution >= 4 is 28.7 Å². The SMILES string of the molecule is C=C(CC1CCC(C)CC1)c1ccc(O)c2c1C[C@]1(C)C[C@]3(C)C(C(C)C)C(=O)C(C(C)=O)=C(O)[C@]3(O)C(=O)C1=C2O. The van der Waals surface area contributed by atoms with Crippen LogP contribution in [0.2, 0.25) is 0 Å². The molecule has 1 aromatic rings. The lowest BCUT2D eigenvalue weighted by Gasteiger charge is -2.59. The van der Waals surface area contributed by atoms with Gasteiger partial charge < -0.3 is 20.4 Å². The molecule has 4 atom stereocenters. The Morgan fingerprint density at radius 3 is 2.26 bits per heavy atom. The van der Waals surface area contributed by atoms with E-state index < -0.39 is 56.8 Å². The topological polar surface area (TPSA) is 132 Å². The van der Waals surface area contributed by atoms with Crippen molar-refractivity contribution in [3.8, 4) is 5.75 Å². The summed E-state index contributed by atoms with van der Waals surface area (Å²) in [6.07, 6.45) is 5.75. The zero-order chi connectivity index (χ0) is 31.1. The Hall–Kier alpha value is -3.19. The quantitative estimate of drug-likeness (QED) is 0.297. The first kappa shape index (κ1) is 30.3. The van der Waals surface area contributed by atoms with Crippen LogP contribution in [0, 0.1) is 34.5 Å². The van der Waals surface area contributed by atoms with Gasteiger partial charge in [0.25, 0.3) is 0 Å². The van der Waals surface area contributed by atoms with Gasteiger partial charge in [-0.15, -0.1) is 0 Å². The molecule has 5 rings (SSSR count). The van der Waals surface area contributed by atoms with Crippen molar-refractivity contribution in [1.29, 1.82) is 0 Å². The molecule has 42 heavy (non-hydrogen) atoms. The molecule has 0 radical (unpaired) electrons. The van der Waals surface area contributed by atoms with Crippen molar-refractivity contribution in [1.82, 2.24) is 0 Å². The van der Waals surface area contributed by atoms with E-state index in [1.165, 1.54) is 18.9 Å². The van der Waals surface area contributed by atoms with Gasteiger partial charge in [-0.25, -0.2) is 0 Å². The zero-order valence-corrected chi connectivity index (χ0v) is 25.6. The van der Waals surface area contributed by atoms with Gasteiger partial charge in [0.2, 0.25) is 5.78 Å². The minimum Gasteiger partial charge on any atom is -0.508 e. The van der Waals surface area contributed by atoms with Gasteiger partial charge in [0.05, 0.1) is 5.56 Å². The Morgan fingerprint density at radius 2 is 1.69 bits per heavy atom. The number of allylic oxidation sites excluding steroid dienone is 2. The van der Waals surface area contributed by atoms with Gasteiger partial charge in [-0.2, -0.15) is 0 Å². The van der Waals surface area contributed by atoms with Crippen LogP contribution in [0.1, 0.15) is 96.8 Å². The van der Waals surface area contributed by atoms with E-state index in [2.05, 4.69) is 13.5 Å². The molecule has 2 saturated carbocycles. The molecular formula is C35H44O7. The van der Waals surface area contributed by atoms with E-state index in [1.54, 1.807) is 20.8 Å². The van der Waals surface area contributed by atoms with E-state index in [0.29, 0.717) is 11.5 Å². The molecule has 1 aromatic carbocycles. The summed E-state index contributed by atoms with van der Waals surface area (Å²) in [7, 11) is 0. The zero-order valence-electron chi connectivity index (χ0n) is 25.6. The molecule has 4 N–H and O–H groups in total. The number of phenols is 1. The molecule has 226 valence electrons. The van der Waals surface area contributed by atoms with Crippen molar-refractivity contribution in [3.05, 3.63) is 52.3 Å². The molecule has 7 nitrogen and oxygen atoms in total. The average molecular weight is 577 g/mol. The highest BCUT2D eigenvalue weighted by atomic mass is 16.3. The summed E-state index contributed by atoms with van der Waals surface area (Å²) in [5.74, 6) is -3.93. The number of rotatable bonds is 5. The van der Waals surface area contributed by atoms with Gasteiger partial charge in [0, 0.05) is 22.3 Å². The molecule has 0 spiro atoms. The van der Waals surface area contributed by atoms with Crippen LogP contribution >= 0.6 is 0 Å². The van der Waals surface area contributed by atoms with Crippen LogP contribution in [-0.2, 0) is 20.8 Å². The van der Waals surface area contributed by atoms with Crippen LogP contribution in [0.25, 0.3) is 11.3 Å². The molecule has 0 saturated heterocycles. The first-order valence-corrected chi connectivity index (χ1v) is 15.2. The van der Waals surface area contributed by atoms with E-state index >= 15 is 0 Å². The van der Waals surface area contributed by atoms with Crippen molar-refractivity contribution in [2.24, 2.45) is 34.5 Å². The first-order chi connectivity index (χ1) is 19.5. The Morgan fingerprint density at radius 1 is 1.07 bits per heavy atom. The lowest BCUT2D eigenvalue weighted by Crippen LogP contribution is -2.69. The van der Waals surface area contributed by atoms with Crippen LogP contribution in [-0.4, -0.2) is 43.4 Å². The number of carbonyl (C=O) groups is 3. The molecule has 4 aliphatic rings. The van der Waals surface area contributed by atoms with Crippen LogP contribution in [0.15, 0.2) is 35.6 Å². The molecule has 1 unspecified atom stereocenters. The monoisotopic (exact) mass is 576 g/mol. The predicted octanol–water partition coefficient (Wildman–Crippen LogP) is 6.42. The fraction of sp³-hybridized carbons (Fsp3) is 0.571. The maximum atomic E-state index is 14.4. The van der Waals surface area contributed by atoms with Crippen LogP contribution < -0.4 is 0 Å². The number of hydrogen-bond acceptors (Lipinski definition) is 7. The lowest BCUT2D eigenvalue weighted by atomic mass is 9.43. The van der Waals surface area contributed by atoms with Gasteiger partial charge in [-0.3, -0.25) is 14.4 Å². The smallest absolute Gasteiger partial charge is 0.203 e. The summed E-state index contributed by atoms with van der Waals surface area (Å²) in [6.45, 7) is 14.9. The van der Waals surface area contributed by atoms with Crippen LogP contribution in [0.5, 0.6) is 5.75 Å². The Balaban J connectivity index is 1.68. The van der Waals surface area contributed by atoms with Gasteiger partial charge in [0.15, 0.2) is 17.2 Å². The highest BCUT2D eigenvalue weighted by Crippen LogP contribution is 2.65. The number of hydrogen-bond donors (Lipinski definition) is 4. The molecule has 0 bridgehead atoms. The van der Waals surface area contributed by atoms with Gasteiger partial charge in [-0.05, 0) is 79.5 Å². The third-order valence-corrected chi connectivity index (χ3v) is 10.9. The number of carbonyl (C=O) groups excluding carboxylic acids is 3. The second-order valence-corrected chi connectivity index (χ2v) is 14.4. The second-order valence-electron chi connectivity index (χ2n) is 14.4. The summed E-state index contributed by atoms with van der Waals surface area (Å²) in [4.78, 5) is 40.7. The summed E-state index contributed by atoms with van der Waals surface area (Å²) in [6, 6.07) is 3.31. The molecule has 4 aliphatic carbocycles. The minimum absolute atomic E-state index is 0.0764. The third kappa shape index (κ3) is 4.06. The predicted molar refractivity (Wildman–Crippen MR) is 161 cm³/mol. The number of benzene rings is 1. The summed E-state index contributed by atoms with van der Waals surface area (Å²) in [5.41, 5.74) is -3.25. The van der Waals surface area contributed by atoms with E-state index in [4.69, 9.17) is 0 Å². The molecule has 2 fully saturated rings. The van der Waals surface area contributed by atoms with E-state index in [0.717, 1.165) is 43.2 Å². The van der Waals surface area contributed by atoms with Crippen molar-refractivity contribution in [3.63, 3.8) is 0 Å². The number of phenolic OH excluding ortho intramolecular Hbond substituents is 1. The van der Waals surface area contributed by atoms with Crippen LogP contribution in [0.3, 0.4) is 0 Å². The summed E-state index contributed by atoms with van der Waals surface area (Å²) >= 11 is 0. The number of aliphatic hydroxyl groups excluding tert-OH is 2. The second kappa shape index (κ2) is 9.94. The molecular weight excluding hydrogens is 532 g/mol. The summed E-state index contributed by atoms with van der Waals surface area (Å²) < 4.78 is 0. The molecule has 0 heterocycles. The number of ketones is 3. The largest absolute Gasteiger partial charge is 0.508 e. The lowest BCUT2D eigenvalue weighted by molar-refractivity contribution is -0.178. The van der Waals surface area contributed by atoms with Crippen molar-refractivity contribution in [2.75, 3.05) is 0 Å². The van der Waals surface area contributed by atoms with Gasteiger partial charge in [-0.1, -0.05) is 60.1 Å². The molecule has 7 heteroatoms. The highest BCUT2D eigenvalue weighted by molar-refractivity contribution is 6.24. The Bertz CT molecular complexity index is 1470. The van der Waals surface area contributed by atoms with E-state index in [9.17, 15) is 34.8 Å². The third-order valence-electron chi connectivity index (χ3n) is 10.9. The van der Waals surface area contributed by atoms with Gasteiger partial charge in [0.1, 0.15) is 22.8 Å². The average Bonchev–Trinajstić information content (AvgIpc) is 2.87. The number of aromatic hydroxyl groups is 1. The first-order valence-electron chi connectivity index (χ1n) is 15.2. The van der Waals surface area contributed by atoms with E-state index in [1.807, 2.05) is 13.0 Å². The fourth-order valence-corrected chi connectivity index (χ4v) is 9.04. The van der Waals surface area contributed by atoms with Crippen LogP contribution in [0.4, 0.5) is 0 Å². The van der Waals surface area contributed by atoms with Gasteiger partial charge >= 0.3 is 0 Å². The highest BCUT2D eigenvalue weighted by Gasteiger charge is 2.72. The molecule has 0 aromatic heterocycles. The fourth-order valence-electron chi connectivity index (χ4n) is 9.04. The number of aliphatic hydroxyl groups is 3. The Labute approximate surface area is 248 Å². The maximum Gasteiger partial charge on any atom is 0.203 e. The number of Topliss-reactive ketones (excluding diaryl/α,β-unsaturated/α-hetero) is 3. The standard InChI is InChI=1S/C35H44O7/c1-17(2)27-29(38)25(20(5)36)31(40)35(42)32(41)28-30(39)26-23(15-33(28,6)16-34(27,35)7)22(12-13-24(26)37)19(4)14-21-10-8-18(3)9-11-21/h12-13,17-18,21,27,37,39-40,42H,4,8-11,14-16H2,1-3,5-7H3/t18?,21?,27?,33-,34-,35+/m1/s1. The van der Waals surface area contributed by atoms with E-state index in [-0.39, 0.29) is 35.6 Å².